The van der Waals surface area contributed by atoms with Crippen LogP contribution in [0.15, 0.2) is 35.3 Å². The molecule has 3 rings (SSSR count). The smallest absolute Gasteiger partial charge is 0.191 e. The van der Waals surface area contributed by atoms with Crippen LogP contribution >= 0.6 is 24.0 Å². The molecule has 2 atom stereocenters. The summed E-state index contributed by atoms with van der Waals surface area (Å²) in [6, 6.07) is 11.4. The lowest BCUT2D eigenvalue weighted by atomic mass is 10.0. The lowest BCUT2D eigenvalue weighted by Gasteiger charge is -2.40. The summed E-state index contributed by atoms with van der Waals surface area (Å²) in [4.78, 5) is 9.76. The highest BCUT2D eigenvalue weighted by Gasteiger charge is 2.25. The van der Waals surface area contributed by atoms with Crippen LogP contribution in [-0.2, 0) is 9.47 Å². The second-order valence-electron chi connectivity index (χ2n) is 8.48. The van der Waals surface area contributed by atoms with Crippen LogP contribution in [-0.4, -0.2) is 94.5 Å². The highest BCUT2D eigenvalue weighted by atomic mass is 127. The minimum Gasteiger partial charge on any atom is -0.379 e. The summed E-state index contributed by atoms with van der Waals surface area (Å²) < 4.78 is 11.2. The average molecular weight is 560 g/mol. The zero-order valence-corrected chi connectivity index (χ0v) is 22.1. The van der Waals surface area contributed by atoms with Gasteiger partial charge < -0.3 is 25.0 Å². The fraction of sp³-hybridized carbons (Fsp3) is 0.708. The Morgan fingerprint density at radius 3 is 2.78 bits per heavy atom. The molecule has 2 aliphatic rings. The van der Waals surface area contributed by atoms with Gasteiger partial charge in [-0.1, -0.05) is 30.3 Å². The molecule has 2 unspecified atom stereocenters. The first kappa shape index (κ1) is 27.3. The molecule has 32 heavy (non-hydrogen) atoms. The molecule has 2 N–H and O–H groups in total. The fourth-order valence-electron chi connectivity index (χ4n) is 4.20. The molecule has 182 valence electrons. The maximum atomic E-state index is 5.82. The maximum Gasteiger partial charge on any atom is 0.191 e. The van der Waals surface area contributed by atoms with Crippen molar-refractivity contribution in [1.29, 1.82) is 0 Å². The monoisotopic (exact) mass is 559 g/mol. The van der Waals surface area contributed by atoms with Gasteiger partial charge in [0.1, 0.15) is 0 Å². The number of guanidine groups is 1. The van der Waals surface area contributed by atoms with Gasteiger partial charge in [0.15, 0.2) is 5.96 Å². The molecule has 2 saturated heterocycles. The Labute approximate surface area is 211 Å². The van der Waals surface area contributed by atoms with Crippen LogP contribution in [0.3, 0.4) is 0 Å². The predicted octanol–water partition coefficient (Wildman–Crippen LogP) is 2.73. The zero-order chi connectivity index (χ0) is 21.7. The van der Waals surface area contributed by atoms with E-state index in [1.54, 1.807) is 0 Å². The fourth-order valence-corrected chi connectivity index (χ4v) is 4.20. The van der Waals surface area contributed by atoms with E-state index in [1.165, 1.54) is 5.56 Å². The van der Waals surface area contributed by atoms with Crippen molar-refractivity contribution in [2.75, 3.05) is 72.7 Å². The second kappa shape index (κ2) is 15.8. The molecule has 1 aromatic carbocycles. The molecule has 1 aromatic rings. The molecule has 7 nitrogen and oxygen atoms in total. The molecule has 0 aliphatic carbocycles. The summed E-state index contributed by atoms with van der Waals surface area (Å²) in [6.07, 6.45) is 3.34. The van der Waals surface area contributed by atoms with E-state index >= 15 is 0 Å². The Hall–Kier alpha value is -0.940. The standard InChI is InChI=1S/C24H41N5O2.HI/c1-3-25-24(27-13-8-17-31-22-11-18-30-20-22)26-12-7-14-29-16-15-28(2)19-23(29)21-9-5-4-6-10-21;/h4-6,9-10,22-23H,3,7-8,11-20H2,1-2H3,(H2,25,26,27);1H. The Balaban J connectivity index is 0.00000363. The first-order valence-electron chi connectivity index (χ1n) is 12.0. The van der Waals surface area contributed by atoms with Gasteiger partial charge in [-0.3, -0.25) is 9.89 Å². The van der Waals surface area contributed by atoms with Gasteiger partial charge in [0.2, 0.25) is 0 Å². The Morgan fingerprint density at radius 1 is 1.19 bits per heavy atom. The van der Waals surface area contributed by atoms with Gasteiger partial charge in [0.05, 0.1) is 12.7 Å². The van der Waals surface area contributed by atoms with E-state index < -0.39 is 0 Å². The number of piperazine rings is 1. The van der Waals surface area contributed by atoms with Crippen LogP contribution in [0.5, 0.6) is 0 Å². The van der Waals surface area contributed by atoms with E-state index in [2.05, 4.69) is 64.7 Å². The summed E-state index contributed by atoms with van der Waals surface area (Å²) >= 11 is 0. The molecule has 0 aromatic heterocycles. The van der Waals surface area contributed by atoms with Crippen molar-refractivity contribution in [3.8, 4) is 0 Å². The topological polar surface area (TPSA) is 61.4 Å². The van der Waals surface area contributed by atoms with Crippen LogP contribution in [0, 0.1) is 0 Å². The summed E-state index contributed by atoms with van der Waals surface area (Å²) in [7, 11) is 2.22. The van der Waals surface area contributed by atoms with Crippen LogP contribution < -0.4 is 10.6 Å². The molecule has 0 saturated carbocycles. The van der Waals surface area contributed by atoms with Crippen molar-refractivity contribution in [3.63, 3.8) is 0 Å². The number of hydrogen-bond donors (Lipinski definition) is 2. The quantitative estimate of drug-likeness (QED) is 0.188. The van der Waals surface area contributed by atoms with E-state index in [0.717, 1.165) is 90.9 Å². The third-order valence-corrected chi connectivity index (χ3v) is 5.95. The number of hydrogen-bond acceptors (Lipinski definition) is 5. The molecule has 8 heteroatoms. The molecule has 2 heterocycles. The molecule has 0 radical (unpaired) electrons. The minimum absolute atomic E-state index is 0. The van der Waals surface area contributed by atoms with Crippen molar-refractivity contribution in [3.05, 3.63) is 35.9 Å². The van der Waals surface area contributed by atoms with Crippen LogP contribution in [0.1, 0.15) is 37.8 Å². The first-order chi connectivity index (χ1) is 15.3. The normalized spacial score (nSPS) is 22.5. The van der Waals surface area contributed by atoms with Crippen LogP contribution in [0.2, 0.25) is 0 Å². The van der Waals surface area contributed by atoms with Gasteiger partial charge in [0, 0.05) is 65.1 Å². The van der Waals surface area contributed by atoms with Crippen molar-refractivity contribution in [2.45, 2.75) is 38.3 Å². The summed E-state index contributed by atoms with van der Waals surface area (Å²) in [5.41, 5.74) is 1.42. The largest absolute Gasteiger partial charge is 0.379 e. The predicted molar refractivity (Wildman–Crippen MR) is 142 cm³/mol. The van der Waals surface area contributed by atoms with E-state index in [-0.39, 0.29) is 30.1 Å². The third-order valence-electron chi connectivity index (χ3n) is 5.95. The lowest BCUT2D eigenvalue weighted by molar-refractivity contribution is 0.0424. The molecule has 0 bridgehead atoms. The molecule has 0 amide bonds. The number of nitrogens with zero attached hydrogens (tertiary/aromatic N) is 3. The van der Waals surface area contributed by atoms with E-state index in [1.807, 2.05) is 0 Å². The van der Waals surface area contributed by atoms with Crippen LogP contribution in [0.25, 0.3) is 0 Å². The van der Waals surface area contributed by atoms with Gasteiger partial charge >= 0.3 is 0 Å². The number of aliphatic imine (C=N–C) groups is 1. The molecular formula is C24H42IN5O2. The number of benzene rings is 1. The Bertz CT molecular complexity index is 643. The molecule has 0 spiro atoms. The van der Waals surface area contributed by atoms with E-state index in [4.69, 9.17) is 14.5 Å². The van der Waals surface area contributed by atoms with Crippen molar-refractivity contribution in [2.24, 2.45) is 4.99 Å². The number of halogens is 1. The Morgan fingerprint density at radius 2 is 2.03 bits per heavy atom. The highest BCUT2D eigenvalue weighted by Crippen LogP contribution is 2.24. The number of nitrogens with one attached hydrogen (secondary N) is 2. The SMILES string of the molecule is CCNC(=NCCCOC1CCOC1)NCCCN1CCN(C)CC1c1ccccc1.I. The minimum atomic E-state index is 0. The van der Waals surface area contributed by atoms with Crippen molar-refractivity contribution in [1.82, 2.24) is 20.4 Å². The first-order valence-corrected chi connectivity index (χ1v) is 12.0. The van der Waals surface area contributed by atoms with Gasteiger partial charge in [-0.05, 0) is 38.8 Å². The number of likely N-dealkylation sites (N-methyl/N-ethyl adjacent to an activating group) is 1. The Kier molecular flexibility index (Phi) is 13.5. The molecule has 2 aliphatic heterocycles. The van der Waals surface area contributed by atoms with E-state index in [9.17, 15) is 0 Å². The zero-order valence-electron chi connectivity index (χ0n) is 19.8. The van der Waals surface area contributed by atoms with Gasteiger partial charge in [-0.2, -0.15) is 0 Å². The van der Waals surface area contributed by atoms with Gasteiger partial charge in [-0.15, -0.1) is 24.0 Å². The van der Waals surface area contributed by atoms with Gasteiger partial charge in [-0.25, -0.2) is 0 Å². The maximum absolute atomic E-state index is 5.82. The number of rotatable bonds is 11. The highest BCUT2D eigenvalue weighted by molar-refractivity contribution is 14.0. The summed E-state index contributed by atoms with van der Waals surface area (Å²) in [5, 5.41) is 6.85. The lowest BCUT2D eigenvalue weighted by Crippen LogP contribution is -2.47. The number of ether oxygens (including phenoxy) is 2. The summed E-state index contributed by atoms with van der Waals surface area (Å²) in [5.74, 6) is 0.907. The average Bonchev–Trinajstić information content (AvgIpc) is 3.31. The van der Waals surface area contributed by atoms with E-state index in [0.29, 0.717) is 6.04 Å². The summed E-state index contributed by atoms with van der Waals surface area (Å²) in [6.45, 7) is 11.4. The third kappa shape index (κ3) is 9.51. The molecule has 2 fully saturated rings. The second-order valence-corrected chi connectivity index (χ2v) is 8.48. The van der Waals surface area contributed by atoms with Crippen molar-refractivity contribution >= 4 is 29.9 Å². The van der Waals surface area contributed by atoms with Crippen molar-refractivity contribution < 1.29 is 9.47 Å². The van der Waals surface area contributed by atoms with Crippen LogP contribution in [0.4, 0.5) is 0 Å². The molecular weight excluding hydrogens is 517 g/mol. The van der Waals surface area contributed by atoms with Gasteiger partial charge in [0.25, 0.3) is 0 Å².